The van der Waals surface area contributed by atoms with Gasteiger partial charge in [0.25, 0.3) is 0 Å². The Balaban J connectivity index is 1.89. The zero-order chi connectivity index (χ0) is 20.4. The second-order valence-corrected chi connectivity index (χ2v) is 7.08. The maximum Gasteiger partial charge on any atom is 0.340 e. The lowest BCUT2D eigenvalue weighted by molar-refractivity contribution is 0.0436. The van der Waals surface area contributed by atoms with Crippen molar-refractivity contribution in [1.29, 1.82) is 5.26 Å². The maximum atomic E-state index is 13.2. The maximum absolute atomic E-state index is 13.2. The number of esters is 1. The first kappa shape index (κ1) is 18.8. The molecule has 2 aromatic carbocycles. The Bertz CT molecular complexity index is 1160. The lowest BCUT2D eigenvalue weighted by atomic mass is 9.86. The van der Waals surface area contributed by atoms with Gasteiger partial charge in [-0.05, 0) is 67.2 Å². The van der Waals surface area contributed by atoms with Gasteiger partial charge in [0, 0.05) is 5.39 Å². The summed E-state index contributed by atoms with van der Waals surface area (Å²) in [5.74, 6) is -0.783. The molecule has 4 nitrogen and oxygen atoms in total. The van der Waals surface area contributed by atoms with Crippen molar-refractivity contribution in [2.24, 2.45) is 0 Å². The standard InChI is InChI=1S/C24H19FN2O2/c1-15(14-26)29-24(28)22-19-6-2-3-8-21(19)27-23-17(5-4-7-20(22)23)13-16-9-11-18(25)12-10-16/h2-3,6,8-13,15H,4-5,7H2,1H3/b17-13+/t15-/m0/s1. The van der Waals surface area contributed by atoms with Crippen LogP contribution in [0.25, 0.3) is 22.6 Å². The fourth-order valence-corrected chi connectivity index (χ4v) is 3.71. The summed E-state index contributed by atoms with van der Waals surface area (Å²) < 4.78 is 18.6. The molecule has 0 radical (unpaired) electrons. The minimum Gasteiger partial charge on any atom is -0.444 e. The van der Waals surface area contributed by atoms with Crippen LogP contribution in [0.15, 0.2) is 48.5 Å². The first-order valence-electron chi connectivity index (χ1n) is 9.55. The number of benzene rings is 2. The molecule has 5 heteroatoms. The predicted octanol–water partition coefficient (Wildman–Crippen LogP) is 5.32. The van der Waals surface area contributed by atoms with E-state index in [4.69, 9.17) is 15.0 Å². The summed E-state index contributed by atoms with van der Waals surface area (Å²) in [6.45, 7) is 1.55. The van der Waals surface area contributed by atoms with Crippen molar-refractivity contribution in [3.63, 3.8) is 0 Å². The fraction of sp³-hybridized carbons (Fsp3) is 0.208. The van der Waals surface area contributed by atoms with Gasteiger partial charge in [-0.2, -0.15) is 5.26 Å². The summed E-state index contributed by atoms with van der Waals surface area (Å²) >= 11 is 0. The molecule has 0 amide bonds. The number of aromatic nitrogens is 1. The Hall–Kier alpha value is -3.52. The molecule has 29 heavy (non-hydrogen) atoms. The number of fused-ring (bicyclic) bond motifs is 2. The topological polar surface area (TPSA) is 63.0 Å². The van der Waals surface area contributed by atoms with Crippen LogP contribution >= 0.6 is 0 Å². The number of ether oxygens (including phenoxy) is 1. The molecule has 0 saturated heterocycles. The highest BCUT2D eigenvalue weighted by atomic mass is 19.1. The largest absolute Gasteiger partial charge is 0.444 e. The van der Waals surface area contributed by atoms with Crippen LogP contribution in [0.5, 0.6) is 0 Å². The van der Waals surface area contributed by atoms with E-state index in [1.54, 1.807) is 19.1 Å². The van der Waals surface area contributed by atoms with Crippen LogP contribution in [0.2, 0.25) is 0 Å². The zero-order valence-corrected chi connectivity index (χ0v) is 16.0. The van der Waals surface area contributed by atoms with Gasteiger partial charge in [-0.15, -0.1) is 0 Å². The van der Waals surface area contributed by atoms with E-state index in [-0.39, 0.29) is 5.82 Å². The van der Waals surface area contributed by atoms with Crippen LogP contribution in [0.1, 0.15) is 46.9 Å². The molecule has 1 heterocycles. The minimum atomic E-state index is -0.831. The quantitative estimate of drug-likeness (QED) is 0.572. The van der Waals surface area contributed by atoms with Crippen molar-refractivity contribution in [2.45, 2.75) is 32.3 Å². The Labute approximate surface area is 168 Å². The Kier molecular flexibility index (Phi) is 5.09. The van der Waals surface area contributed by atoms with Gasteiger partial charge < -0.3 is 4.74 Å². The number of nitriles is 1. The molecular formula is C24H19FN2O2. The molecule has 0 bridgehead atoms. The number of rotatable bonds is 3. The molecule has 0 unspecified atom stereocenters. The summed E-state index contributed by atoms with van der Waals surface area (Å²) in [6, 6.07) is 15.7. The van der Waals surface area contributed by atoms with Gasteiger partial charge in [0.15, 0.2) is 6.10 Å². The molecular weight excluding hydrogens is 367 g/mol. The van der Waals surface area contributed by atoms with Gasteiger partial charge in [-0.25, -0.2) is 14.2 Å². The van der Waals surface area contributed by atoms with E-state index >= 15 is 0 Å². The summed E-state index contributed by atoms with van der Waals surface area (Å²) in [5, 5.41) is 9.76. The lowest BCUT2D eigenvalue weighted by Crippen LogP contribution is -2.18. The number of allylic oxidation sites excluding steroid dienone is 1. The molecule has 1 aliphatic rings. The van der Waals surface area contributed by atoms with E-state index in [0.717, 1.165) is 40.6 Å². The van der Waals surface area contributed by atoms with E-state index in [2.05, 4.69) is 0 Å². The van der Waals surface area contributed by atoms with Crippen molar-refractivity contribution in [2.75, 3.05) is 0 Å². The normalized spacial score (nSPS) is 15.6. The molecule has 0 saturated carbocycles. The van der Waals surface area contributed by atoms with Gasteiger partial charge in [0.1, 0.15) is 11.9 Å². The Morgan fingerprint density at radius 3 is 2.72 bits per heavy atom. The van der Waals surface area contributed by atoms with Crippen LogP contribution in [-0.2, 0) is 11.2 Å². The zero-order valence-electron chi connectivity index (χ0n) is 16.0. The Morgan fingerprint density at radius 1 is 1.21 bits per heavy atom. The number of para-hydroxylation sites is 1. The molecule has 1 aromatic heterocycles. The Morgan fingerprint density at radius 2 is 1.97 bits per heavy atom. The number of carbonyl (C=O) groups is 1. The minimum absolute atomic E-state index is 0.281. The second-order valence-electron chi connectivity index (χ2n) is 7.08. The predicted molar refractivity (Wildman–Crippen MR) is 109 cm³/mol. The SMILES string of the molecule is C[C@@H](C#N)OC(=O)c1c2c(nc3ccccc13)/C(=C/c1ccc(F)cc1)CCC2. The number of halogens is 1. The third kappa shape index (κ3) is 3.74. The smallest absolute Gasteiger partial charge is 0.340 e. The van der Waals surface area contributed by atoms with Gasteiger partial charge >= 0.3 is 5.97 Å². The third-order valence-corrected chi connectivity index (χ3v) is 5.05. The van der Waals surface area contributed by atoms with Crippen molar-refractivity contribution >= 4 is 28.5 Å². The van der Waals surface area contributed by atoms with Crippen molar-refractivity contribution < 1.29 is 13.9 Å². The number of nitrogens with zero attached hydrogens (tertiary/aromatic N) is 2. The van der Waals surface area contributed by atoms with Crippen LogP contribution in [0.4, 0.5) is 4.39 Å². The van der Waals surface area contributed by atoms with E-state index in [0.29, 0.717) is 17.5 Å². The van der Waals surface area contributed by atoms with Crippen LogP contribution in [0.3, 0.4) is 0 Å². The number of hydrogen-bond donors (Lipinski definition) is 0. The first-order chi connectivity index (χ1) is 14.1. The lowest BCUT2D eigenvalue weighted by Gasteiger charge is -2.22. The second kappa shape index (κ2) is 7.84. The molecule has 4 rings (SSSR count). The average molecular weight is 386 g/mol. The molecule has 0 N–H and O–H groups in total. The molecule has 0 spiro atoms. The number of carbonyl (C=O) groups excluding carboxylic acids is 1. The van der Waals surface area contributed by atoms with E-state index in [9.17, 15) is 9.18 Å². The number of hydrogen-bond acceptors (Lipinski definition) is 4. The number of pyridine rings is 1. The molecule has 1 atom stereocenters. The highest BCUT2D eigenvalue weighted by Gasteiger charge is 2.26. The summed E-state index contributed by atoms with van der Waals surface area (Å²) in [6.07, 6.45) is 3.56. The third-order valence-electron chi connectivity index (χ3n) is 5.05. The van der Waals surface area contributed by atoms with Gasteiger partial charge in [0.05, 0.1) is 16.8 Å². The molecule has 0 fully saturated rings. The highest BCUT2D eigenvalue weighted by Crippen LogP contribution is 2.36. The molecule has 1 aliphatic carbocycles. The summed E-state index contributed by atoms with van der Waals surface area (Å²) in [4.78, 5) is 17.8. The van der Waals surface area contributed by atoms with Crippen molar-refractivity contribution in [1.82, 2.24) is 4.98 Å². The first-order valence-corrected chi connectivity index (χ1v) is 9.55. The van der Waals surface area contributed by atoms with Gasteiger partial charge in [-0.1, -0.05) is 30.3 Å². The van der Waals surface area contributed by atoms with Gasteiger partial charge in [-0.3, -0.25) is 0 Å². The molecule has 0 aliphatic heterocycles. The van der Waals surface area contributed by atoms with Crippen molar-refractivity contribution in [3.8, 4) is 6.07 Å². The highest BCUT2D eigenvalue weighted by molar-refractivity contribution is 6.06. The van der Waals surface area contributed by atoms with Gasteiger partial charge in [0.2, 0.25) is 0 Å². The molecule has 144 valence electrons. The monoisotopic (exact) mass is 386 g/mol. The summed E-state index contributed by atoms with van der Waals surface area (Å²) in [7, 11) is 0. The fourth-order valence-electron chi connectivity index (χ4n) is 3.71. The van der Waals surface area contributed by atoms with Crippen LogP contribution in [0, 0.1) is 17.1 Å². The van der Waals surface area contributed by atoms with E-state index in [1.807, 2.05) is 36.4 Å². The summed E-state index contributed by atoms with van der Waals surface area (Å²) in [5.41, 5.74) is 4.69. The average Bonchev–Trinajstić information content (AvgIpc) is 2.73. The van der Waals surface area contributed by atoms with Crippen molar-refractivity contribution in [3.05, 3.63) is 76.7 Å². The van der Waals surface area contributed by atoms with Crippen LogP contribution < -0.4 is 0 Å². The van der Waals surface area contributed by atoms with E-state index in [1.165, 1.54) is 12.1 Å². The van der Waals surface area contributed by atoms with E-state index < -0.39 is 12.1 Å². The molecule has 3 aromatic rings. The van der Waals surface area contributed by atoms with Crippen LogP contribution in [-0.4, -0.2) is 17.1 Å².